The Hall–Kier alpha value is -2.22. The molecule has 0 atom stereocenters. The van der Waals surface area contributed by atoms with Crippen molar-refractivity contribution >= 4 is 10.8 Å². The smallest absolute Gasteiger partial charge is 0.0464 e. The highest BCUT2D eigenvalue weighted by atomic mass is 14.7. The monoisotopic (exact) mass is 376 g/mol. The van der Waals surface area contributed by atoms with Crippen molar-refractivity contribution in [1.82, 2.24) is 9.97 Å². The van der Waals surface area contributed by atoms with Crippen molar-refractivity contribution < 1.29 is 0 Å². The zero-order chi connectivity index (χ0) is 20.7. The first-order valence-corrected chi connectivity index (χ1v) is 10.8. The lowest BCUT2D eigenvalue weighted by molar-refractivity contribution is 0.662. The van der Waals surface area contributed by atoms with Crippen LogP contribution in [0.5, 0.6) is 0 Å². The molecule has 1 aliphatic rings. The molecule has 0 radical (unpaired) electrons. The van der Waals surface area contributed by atoms with Gasteiger partial charge in [0.15, 0.2) is 0 Å². The van der Waals surface area contributed by atoms with Crippen molar-refractivity contribution in [3.05, 3.63) is 70.3 Å². The van der Waals surface area contributed by atoms with Crippen LogP contribution in [0.25, 0.3) is 10.8 Å². The normalized spacial score (nSPS) is 12.6. The Bertz CT molecular complexity index is 910. The van der Waals surface area contributed by atoms with Gasteiger partial charge in [-0.2, -0.15) is 0 Å². The lowest BCUT2D eigenvalue weighted by Crippen LogP contribution is -2.08. The van der Waals surface area contributed by atoms with Crippen LogP contribution in [-0.4, -0.2) is 9.97 Å². The predicted octanol–water partition coefficient (Wildman–Crippen LogP) is 7.27. The Labute approximate surface area is 171 Å². The van der Waals surface area contributed by atoms with Crippen LogP contribution in [-0.2, 0) is 12.8 Å². The van der Waals surface area contributed by atoms with E-state index in [-0.39, 0.29) is 0 Å². The lowest BCUT2D eigenvalue weighted by Gasteiger charge is -2.17. The van der Waals surface area contributed by atoms with Gasteiger partial charge in [0.05, 0.1) is 0 Å². The average molecular weight is 377 g/mol. The summed E-state index contributed by atoms with van der Waals surface area (Å²) in [5.74, 6) is 0.500. The van der Waals surface area contributed by atoms with Gasteiger partial charge in [-0.1, -0.05) is 52.0 Å². The van der Waals surface area contributed by atoms with Crippen LogP contribution in [0.4, 0.5) is 0 Å². The minimum atomic E-state index is 0.500. The summed E-state index contributed by atoms with van der Waals surface area (Å²) < 4.78 is 0. The van der Waals surface area contributed by atoms with Crippen LogP contribution in [0.1, 0.15) is 80.1 Å². The summed E-state index contributed by atoms with van der Waals surface area (Å²) in [4.78, 5) is 8.99. The molecule has 0 aliphatic heterocycles. The molecule has 0 saturated heterocycles. The first-order valence-electron chi connectivity index (χ1n) is 10.8. The van der Waals surface area contributed by atoms with Crippen LogP contribution >= 0.6 is 0 Å². The van der Waals surface area contributed by atoms with Gasteiger partial charge in [-0.05, 0) is 80.0 Å². The lowest BCUT2D eigenvalue weighted by atomic mass is 9.91. The molecular weight excluding hydrogens is 340 g/mol. The number of hydrogen-bond donors (Lipinski definition) is 0. The maximum Gasteiger partial charge on any atom is 0.0464 e. The fourth-order valence-corrected chi connectivity index (χ4v) is 3.85. The number of aromatic nitrogens is 2. The average Bonchev–Trinajstić information content (AvgIpc) is 2.73. The molecule has 2 nitrogen and oxygen atoms in total. The molecule has 4 rings (SSSR count). The minimum absolute atomic E-state index is 0.500. The van der Waals surface area contributed by atoms with E-state index in [1.807, 2.05) is 26.2 Å². The second kappa shape index (κ2) is 10.4. The van der Waals surface area contributed by atoms with E-state index < -0.39 is 0 Å². The first-order chi connectivity index (χ1) is 13.5. The van der Waals surface area contributed by atoms with Crippen LogP contribution in [0, 0.1) is 20.8 Å². The second-order valence-corrected chi connectivity index (χ2v) is 7.71. The number of pyridine rings is 2. The largest absolute Gasteiger partial charge is 0.261 e. The van der Waals surface area contributed by atoms with Gasteiger partial charge in [0.1, 0.15) is 0 Å². The summed E-state index contributed by atoms with van der Waals surface area (Å²) in [6.45, 7) is 14.9. The van der Waals surface area contributed by atoms with E-state index >= 15 is 0 Å². The Balaban J connectivity index is 0.000000186. The fourth-order valence-electron chi connectivity index (χ4n) is 3.85. The SMILES string of the molecule is CC.Cc1c(C(C)C)ncc2ccccc12.Cc1cnc2c(c1C)CCCC2. The molecule has 150 valence electrons. The zero-order valence-electron chi connectivity index (χ0n) is 18.8. The van der Waals surface area contributed by atoms with Crippen molar-refractivity contribution in [2.24, 2.45) is 0 Å². The van der Waals surface area contributed by atoms with Crippen molar-refractivity contribution in [1.29, 1.82) is 0 Å². The molecule has 0 bridgehead atoms. The summed E-state index contributed by atoms with van der Waals surface area (Å²) in [6.07, 6.45) is 9.09. The van der Waals surface area contributed by atoms with Crippen LogP contribution in [0.15, 0.2) is 36.7 Å². The van der Waals surface area contributed by atoms with Gasteiger partial charge in [0.25, 0.3) is 0 Å². The summed E-state index contributed by atoms with van der Waals surface area (Å²) in [5.41, 5.74) is 8.22. The van der Waals surface area contributed by atoms with Gasteiger partial charge in [0, 0.05) is 29.2 Å². The molecule has 0 spiro atoms. The van der Waals surface area contributed by atoms with E-state index in [0.717, 1.165) is 0 Å². The van der Waals surface area contributed by atoms with E-state index in [4.69, 9.17) is 0 Å². The quantitative estimate of drug-likeness (QED) is 0.446. The Morgan fingerprint density at radius 1 is 0.821 bits per heavy atom. The number of aryl methyl sites for hydroxylation is 3. The van der Waals surface area contributed by atoms with Gasteiger partial charge in [0.2, 0.25) is 0 Å². The molecule has 0 fully saturated rings. The summed E-state index contributed by atoms with van der Waals surface area (Å²) >= 11 is 0. The van der Waals surface area contributed by atoms with Crippen molar-refractivity contribution in [2.75, 3.05) is 0 Å². The molecular formula is C26H36N2. The molecule has 0 N–H and O–H groups in total. The zero-order valence-corrected chi connectivity index (χ0v) is 18.8. The topological polar surface area (TPSA) is 25.8 Å². The molecule has 3 aromatic rings. The third kappa shape index (κ3) is 4.98. The van der Waals surface area contributed by atoms with Crippen LogP contribution in [0.2, 0.25) is 0 Å². The third-order valence-electron chi connectivity index (χ3n) is 5.54. The number of rotatable bonds is 1. The Kier molecular flexibility index (Phi) is 8.17. The highest BCUT2D eigenvalue weighted by molar-refractivity contribution is 5.85. The molecule has 1 aromatic carbocycles. The van der Waals surface area contributed by atoms with Crippen molar-refractivity contribution in [3.8, 4) is 0 Å². The van der Waals surface area contributed by atoms with Gasteiger partial charge in [-0.15, -0.1) is 0 Å². The summed E-state index contributed by atoms with van der Waals surface area (Å²) in [5, 5.41) is 2.56. The summed E-state index contributed by atoms with van der Waals surface area (Å²) in [6, 6.07) is 8.41. The van der Waals surface area contributed by atoms with E-state index in [2.05, 4.69) is 68.9 Å². The first kappa shape index (κ1) is 22.1. The van der Waals surface area contributed by atoms with E-state index in [9.17, 15) is 0 Å². The molecule has 1 aliphatic carbocycles. The van der Waals surface area contributed by atoms with Crippen LogP contribution < -0.4 is 0 Å². The van der Waals surface area contributed by atoms with Crippen molar-refractivity contribution in [2.45, 2.75) is 80.1 Å². The van der Waals surface area contributed by atoms with Gasteiger partial charge in [-0.3, -0.25) is 9.97 Å². The molecule has 2 heterocycles. The molecule has 2 heteroatoms. The summed E-state index contributed by atoms with van der Waals surface area (Å²) in [7, 11) is 0. The van der Waals surface area contributed by atoms with E-state index in [1.54, 1.807) is 0 Å². The number of benzene rings is 1. The fraction of sp³-hybridized carbons (Fsp3) is 0.462. The molecule has 28 heavy (non-hydrogen) atoms. The number of fused-ring (bicyclic) bond motifs is 2. The Morgan fingerprint density at radius 3 is 2.21 bits per heavy atom. The standard InChI is InChI=1S/C13H15N.C11H15N.C2H6/c1-9(2)13-10(3)12-7-5-4-6-11(12)8-14-13;1-8-7-12-11-6-4-3-5-10(11)9(8)2;1-2/h4-9H,1-3H3;7H,3-6H2,1-2H3;1-2H3. The van der Waals surface area contributed by atoms with Gasteiger partial charge in [-0.25, -0.2) is 0 Å². The molecule has 2 aromatic heterocycles. The number of hydrogen-bond acceptors (Lipinski definition) is 2. The van der Waals surface area contributed by atoms with Gasteiger partial charge < -0.3 is 0 Å². The van der Waals surface area contributed by atoms with Crippen molar-refractivity contribution in [3.63, 3.8) is 0 Å². The Morgan fingerprint density at radius 2 is 1.50 bits per heavy atom. The third-order valence-corrected chi connectivity index (χ3v) is 5.54. The number of nitrogens with zero attached hydrogens (tertiary/aromatic N) is 2. The second-order valence-electron chi connectivity index (χ2n) is 7.71. The van der Waals surface area contributed by atoms with E-state index in [0.29, 0.717) is 5.92 Å². The maximum atomic E-state index is 4.51. The van der Waals surface area contributed by atoms with E-state index in [1.165, 1.54) is 70.1 Å². The van der Waals surface area contributed by atoms with Gasteiger partial charge >= 0.3 is 0 Å². The van der Waals surface area contributed by atoms with Crippen LogP contribution in [0.3, 0.4) is 0 Å². The maximum absolute atomic E-state index is 4.51. The molecule has 0 unspecified atom stereocenters. The highest BCUT2D eigenvalue weighted by Crippen LogP contribution is 2.25. The highest BCUT2D eigenvalue weighted by Gasteiger charge is 2.13. The minimum Gasteiger partial charge on any atom is -0.261 e. The molecule has 0 saturated carbocycles. The predicted molar refractivity (Wildman–Crippen MR) is 122 cm³/mol. The molecule has 0 amide bonds.